The topological polar surface area (TPSA) is 75.8 Å². The lowest BCUT2D eigenvalue weighted by Crippen LogP contribution is -2.35. The van der Waals surface area contributed by atoms with Crippen molar-refractivity contribution in [1.82, 2.24) is 0 Å². The summed E-state index contributed by atoms with van der Waals surface area (Å²) in [5.41, 5.74) is 7.80. The highest BCUT2D eigenvalue weighted by molar-refractivity contribution is 5.92. The molecule has 1 aromatic rings. The van der Waals surface area contributed by atoms with Crippen molar-refractivity contribution in [3.8, 4) is 5.75 Å². The van der Waals surface area contributed by atoms with Crippen LogP contribution in [0.25, 0.3) is 0 Å². The molecule has 0 atom stereocenters. The van der Waals surface area contributed by atoms with E-state index in [1.165, 1.54) is 0 Å². The van der Waals surface area contributed by atoms with E-state index >= 15 is 0 Å². The fourth-order valence-corrected chi connectivity index (χ4v) is 2.18. The van der Waals surface area contributed by atoms with E-state index < -0.39 is 11.7 Å². The number of nitrogens with zero attached hydrogens (tertiary/aromatic N) is 1. The Labute approximate surface area is 113 Å². The van der Waals surface area contributed by atoms with Gasteiger partial charge < -0.3 is 15.6 Å². The van der Waals surface area contributed by atoms with Crippen molar-refractivity contribution in [3.63, 3.8) is 0 Å². The summed E-state index contributed by atoms with van der Waals surface area (Å²) in [6.45, 7) is 7.79. The van der Waals surface area contributed by atoms with Crippen LogP contribution in [0.1, 0.15) is 31.9 Å². The van der Waals surface area contributed by atoms with Crippen LogP contribution in [0.4, 0.5) is 16.2 Å². The van der Waals surface area contributed by atoms with E-state index in [9.17, 15) is 9.90 Å². The summed E-state index contributed by atoms with van der Waals surface area (Å²) >= 11 is 0. The Bertz CT molecular complexity index is 532. The molecule has 5 nitrogen and oxygen atoms in total. The maximum absolute atomic E-state index is 12.1. The Morgan fingerprint density at radius 1 is 1.47 bits per heavy atom. The second-order valence-electron chi connectivity index (χ2n) is 5.84. The molecule has 1 aliphatic rings. The summed E-state index contributed by atoms with van der Waals surface area (Å²) in [6.07, 6.45) is 0.195. The van der Waals surface area contributed by atoms with E-state index in [2.05, 4.69) is 0 Å². The van der Waals surface area contributed by atoms with Crippen LogP contribution >= 0.6 is 0 Å². The lowest BCUT2D eigenvalue weighted by Gasteiger charge is -2.25. The number of carbonyl (C=O) groups excluding carboxylic acids is 1. The lowest BCUT2D eigenvalue weighted by molar-refractivity contribution is 0.0584. The smallest absolute Gasteiger partial charge is 0.414 e. The molecule has 0 saturated carbocycles. The van der Waals surface area contributed by atoms with Crippen molar-refractivity contribution in [2.24, 2.45) is 0 Å². The zero-order chi connectivity index (χ0) is 14.4. The van der Waals surface area contributed by atoms with Crippen molar-refractivity contribution in [2.45, 2.75) is 39.7 Å². The number of fused-ring (bicyclic) bond motifs is 1. The molecular formula is C14H20N2O3. The van der Waals surface area contributed by atoms with Gasteiger partial charge in [0.15, 0.2) is 0 Å². The number of rotatable bonds is 0. The Kier molecular flexibility index (Phi) is 3.08. The molecule has 1 aliphatic heterocycles. The van der Waals surface area contributed by atoms with Gasteiger partial charge in [0.2, 0.25) is 0 Å². The van der Waals surface area contributed by atoms with Crippen LogP contribution < -0.4 is 10.6 Å². The van der Waals surface area contributed by atoms with Crippen LogP contribution in [0.5, 0.6) is 5.75 Å². The van der Waals surface area contributed by atoms with Crippen LogP contribution in [-0.2, 0) is 11.2 Å². The van der Waals surface area contributed by atoms with Crippen molar-refractivity contribution < 1.29 is 14.6 Å². The third-order valence-corrected chi connectivity index (χ3v) is 3.12. The van der Waals surface area contributed by atoms with Gasteiger partial charge in [-0.25, -0.2) is 4.79 Å². The van der Waals surface area contributed by atoms with E-state index in [-0.39, 0.29) is 5.75 Å². The predicted molar refractivity (Wildman–Crippen MR) is 74.5 cm³/mol. The second kappa shape index (κ2) is 4.33. The predicted octanol–water partition coefficient (Wildman–Crippen LogP) is 2.58. The normalized spacial score (nSPS) is 14.4. The van der Waals surface area contributed by atoms with Gasteiger partial charge >= 0.3 is 6.09 Å². The van der Waals surface area contributed by atoms with E-state index in [0.29, 0.717) is 29.9 Å². The first kappa shape index (κ1) is 13.5. The summed E-state index contributed by atoms with van der Waals surface area (Å²) in [7, 11) is 0. The summed E-state index contributed by atoms with van der Waals surface area (Å²) < 4.78 is 5.36. The molecule has 0 radical (unpaired) electrons. The number of aromatic hydroxyl groups is 1. The fraction of sp³-hybridized carbons (Fsp3) is 0.500. The highest BCUT2D eigenvalue weighted by atomic mass is 16.6. The molecule has 1 heterocycles. The standard InChI is InChI=1S/C14H20N2O3/c1-8-7-10-9(12(17)11(8)15)5-6-16(10)13(18)19-14(2,3)4/h7,17H,5-6,15H2,1-4H3. The van der Waals surface area contributed by atoms with Crippen molar-refractivity contribution >= 4 is 17.5 Å². The van der Waals surface area contributed by atoms with E-state index in [1.807, 2.05) is 26.8 Å². The highest BCUT2D eigenvalue weighted by Gasteiger charge is 2.31. The quantitative estimate of drug-likeness (QED) is 0.558. The van der Waals surface area contributed by atoms with Gasteiger partial charge in [-0.05, 0) is 45.7 Å². The van der Waals surface area contributed by atoms with E-state index in [4.69, 9.17) is 10.5 Å². The maximum Gasteiger partial charge on any atom is 0.414 e. The maximum atomic E-state index is 12.1. The molecule has 0 fully saturated rings. The summed E-state index contributed by atoms with van der Waals surface area (Å²) in [5, 5.41) is 10.0. The summed E-state index contributed by atoms with van der Waals surface area (Å²) in [5.74, 6) is 0.0843. The monoisotopic (exact) mass is 264 g/mol. The van der Waals surface area contributed by atoms with E-state index in [0.717, 1.165) is 5.56 Å². The van der Waals surface area contributed by atoms with Gasteiger partial charge in [-0.1, -0.05) is 0 Å². The largest absolute Gasteiger partial charge is 0.505 e. The van der Waals surface area contributed by atoms with Gasteiger partial charge in [-0.2, -0.15) is 0 Å². The molecule has 0 aliphatic carbocycles. The number of ether oxygens (including phenoxy) is 1. The van der Waals surface area contributed by atoms with Gasteiger partial charge in [0, 0.05) is 12.1 Å². The van der Waals surface area contributed by atoms with Gasteiger partial charge in [0.25, 0.3) is 0 Å². The number of amides is 1. The zero-order valence-electron chi connectivity index (χ0n) is 11.8. The first-order valence-electron chi connectivity index (χ1n) is 6.32. The molecule has 2 rings (SSSR count). The van der Waals surface area contributed by atoms with Gasteiger partial charge in [-0.15, -0.1) is 0 Å². The number of phenolic OH excluding ortho intramolecular Hbond substituents is 1. The number of anilines is 2. The molecule has 0 bridgehead atoms. The van der Waals surface area contributed by atoms with Crippen molar-refractivity contribution in [2.75, 3.05) is 17.2 Å². The third-order valence-electron chi connectivity index (χ3n) is 3.12. The van der Waals surface area contributed by atoms with Crippen molar-refractivity contribution in [3.05, 3.63) is 17.2 Å². The number of hydrogen-bond acceptors (Lipinski definition) is 4. The Morgan fingerprint density at radius 3 is 2.68 bits per heavy atom. The summed E-state index contributed by atoms with van der Waals surface area (Å²) in [4.78, 5) is 13.7. The Balaban J connectivity index is 2.35. The number of hydrogen-bond donors (Lipinski definition) is 2. The Hall–Kier alpha value is -1.91. The molecule has 0 spiro atoms. The minimum Gasteiger partial charge on any atom is -0.505 e. The highest BCUT2D eigenvalue weighted by Crippen LogP contribution is 2.40. The van der Waals surface area contributed by atoms with Gasteiger partial charge in [-0.3, -0.25) is 4.90 Å². The molecule has 1 aromatic carbocycles. The zero-order valence-corrected chi connectivity index (χ0v) is 11.8. The number of phenols is 1. The minimum atomic E-state index is -0.537. The number of nitrogen functional groups attached to an aromatic ring is 1. The van der Waals surface area contributed by atoms with Crippen LogP contribution in [0.3, 0.4) is 0 Å². The number of aryl methyl sites for hydroxylation is 1. The molecule has 3 N–H and O–H groups in total. The van der Waals surface area contributed by atoms with Crippen molar-refractivity contribution in [1.29, 1.82) is 0 Å². The number of carbonyl (C=O) groups is 1. The molecule has 1 amide bonds. The van der Waals surface area contributed by atoms with Crippen LogP contribution in [0, 0.1) is 6.92 Å². The molecule has 0 saturated heterocycles. The lowest BCUT2D eigenvalue weighted by atomic mass is 10.1. The third kappa shape index (κ3) is 2.45. The number of nitrogens with two attached hydrogens (primary N) is 1. The Morgan fingerprint density at radius 2 is 2.11 bits per heavy atom. The van der Waals surface area contributed by atoms with Crippen LogP contribution in [0.15, 0.2) is 6.07 Å². The van der Waals surface area contributed by atoms with Gasteiger partial charge in [0.05, 0.1) is 11.4 Å². The minimum absolute atomic E-state index is 0.0843. The average Bonchev–Trinajstić information content (AvgIpc) is 2.67. The molecule has 0 unspecified atom stereocenters. The van der Waals surface area contributed by atoms with E-state index in [1.54, 1.807) is 11.8 Å². The molecular weight excluding hydrogens is 244 g/mol. The fourth-order valence-electron chi connectivity index (χ4n) is 2.18. The van der Waals surface area contributed by atoms with Gasteiger partial charge in [0.1, 0.15) is 11.4 Å². The van der Waals surface area contributed by atoms with Crippen LogP contribution in [0.2, 0.25) is 0 Å². The molecule has 19 heavy (non-hydrogen) atoms. The SMILES string of the molecule is Cc1cc2c(c(O)c1N)CCN2C(=O)OC(C)(C)C. The summed E-state index contributed by atoms with van der Waals surface area (Å²) in [6, 6.07) is 1.82. The van der Waals surface area contributed by atoms with Crippen LogP contribution in [-0.4, -0.2) is 23.3 Å². The molecule has 0 aromatic heterocycles. The molecule has 5 heteroatoms. The average molecular weight is 264 g/mol. The first-order chi connectivity index (χ1) is 8.70. The molecule has 104 valence electrons. The second-order valence-corrected chi connectivity index (χ2v) is 5.84. The first-order valence-corrected chi connectivity index (χ1v) is 6.32. The number of benzene rings is 1.